The minimum absolute atomic E-state index is 0.938. The van der Waals surface area contributed by atoms with Crippen LogP contribution < -0.4 is 0 Å². The van der Waals surface area contributed by atoms with Crippen molar-refractivity contribution in [3.05, 3.63) is 121 Å². The first-order valence-electron chi connectivity index (χ1n) is 7.68. The van der Waals surface area contributed by atoms with Gasteiger partial charge in [0.2, 0.25) is 0 Å². The Bertz CT molecular complexity index is 578. The monoisotopic (exact) mass is 286 g/mol. The highest BCUT2D eigenvalue weighted by Gasteiger charge is 2.01. The quantitative estimate of drug-likeness (QED) is 0.546. The van der Waals surface area contributed by atoms with Crippen LogP contribution in [0, 0.1) is 0 Å². The molecule has 0 radical (unpaired) electrons. The van der Waals surface area contributed by atoms with Gasteiger partial charge in [0.1, 0.15) is 0 Å². The molecule has 0 spiro atoms. The van der Waals surface area contributed by atoms with Gasteiger partial charge in [0.05, 0.1) is 0 Å². The fourth-order valence-corrected chi connectivity index (χ4v) is 2.14. The van der Waals surface area contributed by atoms with Crippen molar-refractivity contribution < 1.29 is 0 Å². The second-order valence-corrected chi connectivity index (χ2v) is 4.96. The van der Waals surface area contributed by atoms with Gasteiger partial charge in [-0.05, 0) is 24.0 Å². The summed E-state index contributed by atoms with van der Waals surface area (Å²) in [6.07, 6.45) is 39.6. The number of hydrogen-bond acceptors (Lipinski definition) is 0. The van der Waals surface area contributed by atoms with Crippen LogP contribution in [0.2, 0.25) is 0 Å². The molecule has 0 nitrogen and oxygen atoms in total. The van der Waals surface area contributed by atoms with E-state index in [2.05, 4.69) is 72.9 Å². The van der Waals surface area contributed by atoms with Crippen molar-refractivity contribution in [2.24, 2.45) is 0 Å². The van der Waals surface area contributed by atoms with E-state index in [1.807, 2.05) is 36.5 Å². The zero-order valence-electron chi connectivity index (χ0n) is 12.8. The Hall–Kier alpha value is -2.60. The van der Waals surface area contributed by atoms with Crippen molar-refractivity contribution in [2.45, 2.75) is 12.8 Å². The summed E-state index contributed by atoms with van der Waals surface area (Å²) >= 11 is 0. The predicted molar refractivity (Wildman–Crippen MR) is 98.5 cm³/mol. The van der Waals surface area contributed by atoms with Crippen LogP contribution in [0.4, 0.5) is 0 Å². The van der Waals surface area contributed by atoms with Gasteiger partial charge in [-0.15, -0.1) is 0 Å². The molecule has 22 heavy (non-hydrogen) atoms. The van der Waals surface area contributed by atoms with Crippen LogP contribution in [-0.4, -0.2) is 0 Å². The van der Waals surface area contributed by atoms with Crippen LogP contribution in [0.5, 0.6) is 0 Å². The van der Waals surface area contributed by atoms with E-state index in [9.17, 15) is 0 Å². The zero-order valence-corrected chi connectivity index (χ0v) is 12.8. The van der Waals surface area contributed by atoms with Gasteiger partial charge in [0.15, 0.2) is 0 Å². The second kappa shape index (κ2) is 10.2. The van der Waals surface area contributed by atoms with E-state index in [0.717, 1.165) is 12.8 Å². The lowest BCUT2D eigenvalue weighted by molar-refractivity contribution is 1.14. The van der Waals surface area contributed by atoms with Crippen LogP contribution in [0.25, 0.3) is 0 Å². The Morgan fingerprint density at radius 2 is 0.682 bits per heavy atom. The highest BCUT2D eigenvalue weighted by Crippen LogP contribution is 2.20. The lowest BCUT2D eigenvalue weighted by Gasteiger charge is -2.08. The van der Waals surface area contributed by atoms with E-state index < -0.39 is 0 Å². The van der Waals surface area contributed by atoms with Gasteiger partial charge < -0.3 is 0 Å². The van der Waals surface area contributed by atoms with Gasteiger partial charge >= 0.3 is 0 Å². The van der Waals surface area contributed by atoms with Gasteiger partial charge in [-0.1, -0.05) is 109 Å². The van der Waals surface area contributed by atoms with Crippen molar-refractivity contribution in [1.29, 1.82) is 0 Å². The summed E-state index contributed by atoms with van der Waals surface area (Å²) in [4.78, 5) is 0. The van der Waals surface area contributed by atoms with Crippen LogP contribution >= 0.6 is 0 Å². The molecule has 110 valence electrons. The first-order chi connectivity index (χ1) is 11.0. The molecule has 0 aromatic rings. The fraction of sp³-hybridized carbons (Fsp3) is 0.0909. The summed E-state index contributed by atoms with van der Waals surface area (Å²) in [6.45, 7) is 0. The molecule has 0 amide bonds. The number of hydrogen-bond donors (Lipinski definition) is 0. The van der Waals surface area contributed by atoms with Gasteiger partial charge in [-0.3, -0.25) is 0 Å². The third-order valence-corrected chi connectivity index (χ3v) is 3.29. The topological polar surface area (TPSA) is 0 Å². The smallest absolute Gasteiger partial charge is 0.00915 e. The van der Waals surface area contributed by atoms with Crippen LogP contribution in [-0.2, 0) is 0 Å². The molecule has 0 aromatic carbocycles. The van der Waals surface area contributed by atoms with Gasteiger partial charge in [-0.25, -0.2) is 0 Å². The van der Waals surface area contributed by atoms with E-state index in [-0.39, 0.29) is 0 Å². The van der Waals surface area contributed by atoms with Gasteiger partial charge in [-0.2, -0.15) is 0 Å². The standard InChI is InChI=1S/C22H22/c1-2-6-10-14-18-21(17-13-9-5-1)22-19-15-11-7-3-4-8-12-16-20-22/h1-17,19H,18,20H2/b5-1-,6-2-,7-3-,8-4-,13-9-,14-10-,15-11-,16-12-,21-17+,22-19+. The first kappa shape index (κ1) is 15.8. The normalized spacial score (nSPS) is 34.9. The van der Waals surface area contributed by atoms with Crippen molar-refractivity contribution in [1.82, 2.24) is 0 Å². The van der Waals surface area contributed by atoms with Crippen LogP contribution in [0.3, 0.4) is 0 Å². The van der Waals surface area contributed by atoms with Gasteiger partial charge in [0, 0.05) is 0 Å². The molecule has 0 unspecified atom stereocenters. The maximum atomic E-state index is 2.21. The summed E-state index contributed by atoms with van der Waals surface area (Å²) in [7, 11) is 0. The molecule has 2 aliphatic rings. The molecule has 0 aliphatic heterocycles. The van der Waals surface area contributed by atoms with E-state index in [1.54, 1.807) is 0 Å². The summed E-state index contributed by atoms with van der Waals surface area (Å²) in [5.74, 6) is 0. The van der Waals surface area contributed by atoms with E-state index in [1.165, 1.54) is 11.1 Å². The molecule has 2 aliphatic carbocycles. The molecule has 2 rings (SSSR count). The lowest BCUT2D eigenvalue weighted by atomic mass is 9.98. The first-order valence-corrected chi connectivity index (χ1v) is 7.68. The van der Waals surface area contributed by atoms with Gasteiger partial charge in [0.25, 0.3) is 0 Å². The minimum atomic E-state index is 0.938. The Kier molecular flexibility index (Phi) is 7.30. The number of rotatable bonds is 1. The van der Waals surface area contributed by atoms with Crippen LogP contribution in [0.15, 0.2) is 121 Å². The summed E-state index contributed by atoms with van der Waals surface area (Å²) in [5, 5.41) is 0. The Morgan fingerprint density at radius 1 is 0.364 bits per heavy atom. The van der Waals surface area contributed by atoms with E-state index in [4.69, 9.17) is 0 Å². The van der Waals surface area contributed by atoms with E-state index >= 15 is 0 Å². The average molecular weight is 286 g/mol. The van der Waals surface area contributed by atoms with Crippen molar-refractivity contribution in [3.8, 4) is 0 Å². The lowest BCUT2D eigenvalue weighted by Crippen LogP contribution is -1.88. The van der Waals surface area contributed by atoms with Crippen molar-refractivity contribution >= 4 is 0 Å². The third kappa shape index (κ3) is 6.23. The largest absolute Gasteiger partial charge is 0.0801 e. The molecule has 0 heterocycles. The summed E-state index contributed by atoms with van der Waals surface area (Å²) in [5.41, 5.74) is 2.69. The second-order valence-electron chi connectivity index (χ2n) is 4.96. The number of allylic oxidation sites excluding steroid dienone is 20. The Labute approximate surface area is 133 Å². The Morgan fingerprint density at radius 3 is 1.09 bits per heavy atom. The molecule has 0 heteroatoms. The molecule has 0 saturated heterocycles. The average Bonchev–Trinajstić information content (AvgIpc) is 2.64. The Balaban J connectivity index is 2.27. The van der Waals surface area contributed by atoms with E-state index in [0.29, 0.717) is 0 Å². The molecule has 0 saturated carbocycles. The molecule has 0 aromatic heterocycles. The molecular weight excluding hydrogens is 264 g/mol. The predicted octanol–water partition coefficient (Wildman–Crippen LogP) is 6.10. The van der Waals surface area contributed by atoms with Crippen molar-refractivity contribution in [2.75, 3.05) is 0 Å². The molecule has 0 bridgehead atoms. The maximum Gasteiger partial charge on any atom is -0.00915 e. The molecule has 0 fully saturated rings. The molecule has 0 N–H and O–H groups in total. The maximum absolute atomic E-state index is 2.21. The molecule has 0 atom stereocenters. The highest BCUT2D eigenvalue weighted by molar-refractivity contribution is 5.40. The summed E-state index contributed by atoms with van der Waals surface area (Å²) in [6, 6.07) is 0. The summed E-state index contributed by atoms with van der Waals surface area (Å²) < 4.78 is 0. The third-order valence-electron chi connectivity index (χ3n) is 3.29. The van der Waals surface area contributed by atoms with Crippen molar-refractivity contribution in [3.63, 3.8) is 0 Å². The minimum Gasteiger partial charge on any atom is -0.0801 e. The molecular formula is C22H22. The van der Waals surface area contributed by atoms with Crippen LogP contribution in [0.1, 0.15) is 12.8 Å². The SMILES string of the molecule is C1=C\C=C/C=C(/C2=C/C=C\C=C/C=C\C=C/C2)C/C=C\C=C/1. The highest BCUT2D eigenvalue weighted by atomic mass is 14.1. The zero-order chi connectivity index (χ0) is 15.3. The fourth-order valence-electron chi connectivity index (χ4n) is 2.14.